The average Bonchev–Trinajstić information content (AvgIpc) is 3.27. The van der Waals surface area contributed by atoms with Crippen molar-refractivity contribution in [2.45, 2.75) is 25.2 Å². The topological polar surface area (TPSA) is 88.6 Å². The summed E-state index contributed by atoms with van der Waals surface area (Å²) >= 11 is 1.54. The van der Waals surface area contributed by atoms with E-state index in [9.17, 15) is 10.1 Å². The van der Waals surface area contributed by atoms with Crippen LogP contribution in [0.15, 0.2) is 57.7 Å². The highest BCUT2D eigenvalue weighted by Gasteiger charge is 2.41. The molecule has 2 aliphatic rings. The van der Waals surface area contributed by atoms with Crippen molar-refractivity contribution in [2.24, 2.45) is 5.73 Å². The lowest BCUT2D eigenvalue weighted by atomic mass is 9.76. The van der Waals surface area contributed by atoms with Crippen molar-refractivity contribution in [1.29, 1.82) is 5.26 Å². The molecule has 0 bridgehead atoms. The predicted molar refractivity (Wildman–Crippen MR) is 112 cm³/mol. The Kier molecular flexibility index (Phi) is 5.03. The van der Waals surface area contributed by atoms with Crippen LogP contribution in [0.3, 0.4) is 0 Å². The first-order valence-corrected chi connectivity index (χ1v) is 10.2. The Hall–Kier alpha value is -3.24. The van der Waals surface area contributed by atoms with Crippen molar-refractivity contribution in [3.63, 3.8) is 0 Å². The van der Waals surface area contributed by atoms with E-state index in [0.29, 0.717) is 47.0 Å². The van der Waals surface area contributed by atoms with Gasteiger partial charge in [0.1, 0.15) is 17.3 Å². The van der Waals surface area contributed by atoms with Crippen LogP contribution in [0, 0.1) is 11.3 Å². The molecule has 0 spiro atoms. The molecule has 2 heterocycles. The van der Waals surface area contributed by atoms with Gasteiger partial charge < -0.3 is 15.2 Å². The second-order valence-corrected chi connectivity index (χ2v) is 7.69. The van der Waals surface area contributed by atoms with Crippen molar-refractivity contribution in [3.05, 3.63) is 63.3 Å². The number of ether oxygens (including phenoxy) is 2. The van der Waals surface area contributed by atoms with Crippen molar-refractivity contribution in [1.82, 2.24) is 0 Å². The van der Waals surface area contributed by atoms with Crippen LogP contribution in [-0.2, 0) is 4.79 Å². The van der Waals surface area contributed by atoms with E-state index in [1.54, 1.807) is 31.6 Å². The van der Waals surface area contributed by atoms with Gasteiger partial charge in [-0.25, -0.2) is 0 Å². The van der Waals surface area contributed by atoms with Crippen LogP contribution in [0.1, 0.15) is 30.7 Å². The molecule has 0 radical (unpaired) electrons. The zero-order chi connectivity index (χ0) is 20.5. The molecule has 1 aromatic carbocycles. The third kappa shape index (κ3) is 3.06. The fourth-order valence-corrected chi connectivity index (χ4v) is 4.79. The van der Waals surface area contributed by atoms with Gasteiger partial charge in [-0.05, 0) is 47.4 Å². The normalized spacial score (nSPS) is 19.1. The lowest BCUT2D eigenvalue weighted by Gasteiger charge is -2.39. The molecule has 29 heavy (non-hydrogen) atoms. The highest BCUT2D eigenvalue weighted by molar-refractivity contribution is 7.08. The number of carbonyl (C=O) groups is 1. The molecule has 7 heteroatoms. The van der Waals surface area contributed by atoms with Gasteiger partial charge in [-0.1, -0.05) is 0 Å². The number of allylic oxidation sites excluding steroid dienone is 3. The van der Waals surface area contributed by atoms with E-state index in [1.807, 2.05) is 33.9 Å². The summed E-state index contributed by atoms with van der Waals surface area (Å²) < 4.78 is 10.9. The number of ketones is 1. The number of nitriles is 1. The highest BCUT2D eigenvalue weighted by Crippen LogP contribution is 2.48. The second-order valence-electron chi connectivity index (χ2n) is 6.91. The number of methoxy groups -OCH3 is 2. The van der Waals surface area contributed by atoms with Gasteiger partial charge in [0.2, 0.25) is 0 Å². The summed E-state index contributed by atoms with van der Waals surface area (Å²) in [5, 5.41) is 13.9. The quantitative estimate of drug-likeness (QED) is 0.822. The molecule has 1 atom stereocenters. The van der Waals surface area contributed by atoms with E-state index in [2.05, 4.69) is 6.07 Å². The molecule has 0 saturated heterocycles. The third-order valence-electron chi connectivity index (χ3n) is 5.42. The molecule has 4 rings (SSSR count). The maximum Gasteiger partial charge on any atom is 0.161 e. The lowest BCUT2D eigenvalue weighted by Crippen LogP contribution is -2.38. The van der Waals surface area contributed by atoms with Gasteiger partial charge in [0.15, 0.2) is 5.78 Å². The van der Waals surface area contributed by atoms with Crippen LogP contribution >= 0.6 is 11.3 Å². The molecule has 148 valence electrons. The molecule has 0 fully saturated rings. The summed E-state index contributed by atoms with van der Waals surface area (Å²) in [6.45, 7) is 0. The largest absolute Gasteiger partial charge is 0.497 e. The zero-order valence-electron chi connectivity index (χ0n) is 16.3. The Morgan fingerprint density at radius 3 is 2.72 bits per heavy atom. The molecule has 0 unspecified atom stereocenters. The molecule has 1 aliphatic carbocycles. The highest BCUT2D eigenvalue weighted by atomic mass is 32.1. The van der Waals surface area contributed by atoms with Gasteiger partial charge in [-0.2, -0.15) is 16.6 Å². The number of carbonyl (C=O) groups excluding carboxylic acids is 1. The Balaban J connectivity index is 1.97. The van der Waals surface area contributed by atoms with Gasteiger partial charge in [0, 0.05) is 23.8 Å². The fourth-order valence-electron chi connectivity index (χ4n) is 4.10. The Morgan fingerprint density at radius 1 is 1.24 bits per heavy atom. The number of Topliss-reactive ketones (excluding diaryl/α,β-unsaturated/α-hetero) is 1. The lowest BCUT2D eigenvalue weighted by molar-refractivity contribution is -0.116. The molecule has 6 nitrogen and oxygen atoms in total. The Morgan fingerprint density at radius 2 is 2.07 bits per heavy atom. The van der Waals surface area contributed by atoms with Gasteiger partial charge >= 0.3 is 0 Å². The number of hydrogen-bond acceptors (Lipinski definition) is 7. The number of benzene rings is 1. The van der Waals surface area contributed by atoms with Crippen LogP contribution in [0.5, 0.6) is 11.5 Å². The molecular weight excluding hydrogens is 386 g/mol. The average molecular weight is 407 g/mol. The minimum atomic E-state index is -0.422. The van der Waals surface area contributed by atoms with Crippen molar-refractivity contribution in [3.8, 4) is 17.6 Å². The molecule has 1 aromatic heterocycles. The minimum absolute atomic E-state index is 0.0696. The predicted octanol–water partition coefficient (Wildman–Crippen LogP) is 4.07. The summed E-state index contributed by atoms with van der Waals surface area (Å²) in [6, 6.07) is 9.65. The number of thiophene rings is 1. The summed E-state index contributed by atoms with van der Waals surface area (Å²) in [5.41, 5.74) is 10.1. The van der Waals surface area contributed by atoms with Crippen LogP contribution in [0.2, 0.25) is 0 Å². The number of anilines is 1. The maximum absolute atomic E-state index is 13.0. The zero-order valence-corrected chi connectivity index (χ0v) is 17.1. The van der Waals surface area contributed by atoms with E-state index in [0.717, 1.165) is 17.7 Å². The molecular formula is C22H21N3O3S. The third-order valence-corrected chi connectivity index (χ3v) is 6.12. The first-order chi connectivity index (χ1) is 14.1. The monoisotopic (exact) mass is 407 g/mol. The van der Waals surface area contributed by atoms with E-state index in [4.69, 9.17) is 15.2 Å². The second kappa shape index (κ2) is 7.64. The van der Waals surface area contributed by atoms with Crippen LogP contribution in [0.4, 0.5) is 5.69 Å². The Bertz CT molecular complexity index is 1060. The standard InChI is InChI=1S/C22H21N3O3S/c1-27-14-6-7-16(19(10-14)28-2)25-17-4-3-5-18(26)21(17)20(13-8-9-29-12-13)15(11-23)22(25)24/h6-10,12,20H,3-5,24H2,1-2H3/t20-/m0/s1. The SMILES string of the molecule is COc1ccc(N2C(N)=C(C#N)[C@H](c3ccsc3)C3=C2CCCC3=O)c(OC)c1. The fraction of sp³-hybridized carbons (Fsp3) is 0.273. The van der Waals surface area contributed by atoms with E-state index < -0.39 is 5.92 Å². The molecule has 2 N–H and O–H groups in total. The molecule has 2 aromatic rings. The van der Waals surface area contributed by atoms with E-state index >= 15 is 0 Å². The maximum atomic E-state index is 13.0. The van der Waals surface area contributed by atoms with Gasteiger partial charge in [0.05, 0.1) is 37.5 Å². The van der Waals surface area contributed by atoms with Gasteiger partial charge in [0.25, 0.3) is 0 Å². The smallest absolute Gasteiger partial charge is 0.161 e. The molecule has 0 saturated carbocycles. The first kappa shape index (κ1) is 19.1. The minimum Gasteiger partial charge on any atom is -0.497 e. The van der Waals surface area contributed by atoms with Crippen LogP contribution in [-0.4, -0.2) is 20.0 Å². The Labute approximate surface area is 173 Å². The summed E-state index contributed by atoms with van der Waals surface area (Å²) in [5.74, 6) is 1.19. The number of rotatable bonds is 4. The first-order valence-electron chi connectivity index (χ1n) is 9.31. The molecule has 0 amide bonds. The number of nitrogens with zero attached hydrogens (tertiary/aromatic N) is 2. The van der Waals surface area contributed by atoms with Crippen molar-refractivity contribution >= 4 is 22.8 Å². The summed E-state index contributed by atoms with van der Waals surface area (Å²) in [7, 11) is 3.16. The van der Waals surface area contributed by atoms with Crippen molar-refractivity contribution < 1.29 is 14.3 Å². The van der Waals surface area contributed by atoms with Crippen LogP contribution in [0.25, 0.3) is 0 Å². The molecule has 1 aliphatic heterocycles. The van der Waals surface area contributed by atoms with Crippen molar-refractivity contribution in [2.75, 3.05) is 19.1 Å². The summed E-state index contributed by atoms with van der Waals surface area (Å²) in [6.07, 6.45) is 1.93. The van der Waals surface area contributed by atoms with Gasteiger partial charge in [-0.3, -0.25) is 9.69 Å². The van der Waals surface area contributed by atoms with Crippen LogP contribution < -0.4 is 20.1 Å². The van der Waals surface area contributed by atoms with E-state index in [-0.39, 0.29) is 5.78 Å². The number of nitrogens with two attached hydrogens (primary N) is 1. The van der Waals surface area contributed by atoms with Gasteiger partial charge in [-0.15, -0.1) is 0 Å². The number of hydrogen-bond donors (Lipinski definition) is 1. The van der Waals surface area contributed by atoms with E-state index in [1.165, 1.54) is 0 Å². The summed E-state index contributed by atoms with van der Waals surface area (Å²) in [4.78, 5) is 14.8.